The molecule has 4 rings (SSSR count). The maximum absolute atomic E-state index is 10.5. The fourth-order valence-corrected chi connectivity index (χ4v) is 2.75. The smallest absolute Gasteiger partial charge is 0.150 e. The van der Waals surface area contributed by atoms with Crippen LogP contribution in [0.2, 0.25) is 0 Å². The molecule has 1 aromatic rings. The van der Waals surface area contributed by atoms with Crippen molar-refractivity contribution in [3.05, 3.63) is 35.4 Å². The number of hydrogen-bond donors (Lipinski definition) is 0. The van der Waals surface area contributed by atoms with Crippen LogP contribution < -0.4 is 0 Å². The molecule has 0 aliphatic heterocycles. The molecule has 3 aliphatic carbocycles. The molecular formula is C12H12O. The number of hydrogen-bond acceptors (Lipinski definition) is 1. The SMILES string of the molecule is O=Cc1ccc(C23CC(C2)C3)cc1. The maximum atomic E-state index is 10.5. The van der Waals surface area contributed by atoms with Gasteiger partial charge in [0.1, 0.15) is 6.29 Å². The van der Waals surface area contributed by atoms with Crippen LogP contribution >= 0.6 is 0 Å². The first-order chi connectivity index (χ1) is 6.32. The van der Waals surface area contributed by atoms with E-state index in [-0.39, 0.29) is 0 Å². The van der Waals surface area contributed by atoms with Gasteiger partial charge in [0, 0.05) is 5.56 Å². The second-order valence-corrected chi connectivity index (χ2v) is 4.50. The van der Waals surface area contributed by atoms with Gasteiger partial charge in [-0.15, -0.1) is 0 Å². The molecule has 0 unspecified atom stereocenters. The minimum atomic E-state index is 0.534. The molecule has 66 valence electrons. The third-order valence-electron chi connectivity index (χ3n) is 3.70. The van der Waals surface area contributed by atoms with Crippen molar-refractivity contribution in [2.24, 2.45) is 5.92 Å². The van der Waals surface area contributed by atoms with Crippen molar-refractivity contribution in [2.45, 2.75) is 24.7 Å². The number of rotatable bonds is 2. The lowest BCUT2D eigenvalue weighted by Gasteiger charge is -2.62. The van der Waals surface area contributed by atoms with Gasteiger partial charge < -0.3 is 0 Å². The summed E-state index contributed by atoms with van der Waals surface area (Å²) in [4.78, 5) is 10.5. The maximum Gasteiger partial charge on any atom is 0.150 e. The Kier molecular flexibility index (Phi) is 1.25. The van der Waals surface area contributed by atoms with Crippen LogP contribution in [0.25, 0.3) is 0 Å². The van der Waals surface area contributed by atoms with E-state index in [1.54, 1.807) is 0 Å². The molecular weight excluding hydrogens is 160 g/mol. The fraction of sp³-hybridized carbons (Fsp3) is 0.417. The molecule has 0 amide bonds. The predicted molar refractivity (Wildman–Crippen MR) is 50.8 cm³/mol. The van der Waals surface area contributed by atoms with Gasteiger partial charge in [-0.2, -0.15) is 0 Å². The third kappa shape index (κ3) is 0.846. The second-order valence-electron chi connectivity index (χ2n) is 4.50. The summed E-state index contributed by atoms with van der Waals surface area (Å²) in [5.74, 6) is 1.02. The molecule has 0 atom stereocenters. The highest BCUT2D eigenvalue weighted by Gasteiger charge is 2.57. The zero-order chi connectivity index (χ0) is 8.89. The summed E-state index contributed by atoms with van der Waals surface area (Å²) in [7, 11) is 0. The van der Waals surface area contributed by atoms with Crippen molar-refractivity contribution in [3.8, 4) is 0 Å². The van der Waals surface area contributed by atoms with Crippen LogP contribution in [0.15, 0.2) is 24.3 Å². The molecule has 0 saturated heterocycles. The highest BCUT2D eigenvalue weighted by atomic mass is 16.1. The molecule has 3 saturated carbocycles. The van der Waals surface area contributed by atoms with E-state index >= 15 is 0 Å². The summed E-state index contributed by atoms with van der Waals surface area (Å²) in [6, 6.07) is 8.11. The van der Waals surface area contributed by atoms with E-state index in [1.807, 2.05) is 12.1 Å². The summed E-state index contributed by atoms with van der Waals surface area (Å²) in [6.45, 7) is 0. The van der Waals surface area contributed by atoms with Crippen LogP contribution in [-0.4, -0.2) is 6.29 Å². The standard InChI is InChI=1S/C12H12O/c13-8-9-1-3-11(4-2-9)12-5-10(6-12)7-12/h1-4,8,10H,5-7H2. The van der Waals surface area contributed by atoms with Crippen LogP contribution in [-0.2, 0) is 5.41 Å². The summed E-state index contributed by atoms with van der Waals surface area (Å²) in [5.41, 5.74) is 2.77. The second kappa shape index (κ2) is 2.22. The van der Waals surface area contributed by atoms with E-state index in [0.717, 1.165) is 17.8 Å². The summed E-state index contributed by atoms with van der Waals surface area (Å²) in [5, 5.41) is 0. The quantitative estimate of drug-likeness (QED) is 0.626. The summed E-state index contributed by atoms with van der Waals surface area (Å²) < 4.78 is 0. The first kappa shape index (κ1) is 7.31. The lowest BCUT2D eigenvalue weighted by atomic mass is 9.42. The van der Waals surface area contributed by atoms with Gasteiger partial charge in [0.15, 0.2) is 0 Å². The Morgan fingerprint density at radius 1 is 1.15 bits per heavy atom. The molecule has 3 fully saturated rings. The van der Waals surface area contributed by atoms with Crippen LogP contribution in [0.4, 0.5) is 0 Å². The van der Waals surface area contributed by atoms with E-state index in [0.29, 0.717) is 5.41 Å². The highest BCUT2D eigenvalue weighted by molar-refractivity contribution is 5.74. The highest BCUT2D eigenvalue weighted by Crippen LogP contribution is 2.64. The van der Waals surface area contributed by atoms with Crippen LogP contribution in [0.5, 0.6) is 0 Å². The van der Waals surface area contributed by atoms with Crippen LogP contribution in [0.1, 0.15) is 35.2 Å². The average molecular weight is 172 g/mol. The van der Waals surface area contributed by atoms with E-state index in [9.17, 15) is 4.79 Å². The van der Waals surface area contributed by atoms with E-state index in [2.05, 4.69) is 12.1 Å². The van der Waals surface area contributed by atoms with Crippen molar-refractivity contribution < 1.29 is 4.79 Å². The van der Waals surface area contributed by atoms with Crippen molar-refractivity contribution in [1.82, 2.24) is 0 Å². The molecule has 1 nitrogen and oxygen atoms in total. The zero-order valence-corrected chi connectivity index (χ0v) is 7.49. The Balaban J connectivity index is 1.93. The number of carbonyl (C=O) groups excluding carboxylic acids is 1. The van der Waals surface area contributed by atoms with Gasteiger partial charge in [0.25, 0.3) is 0 Å². The monoisotopic (exact) mass is 172 g/mol. The molecule has 1 heteroatoms. The largest absolute Gasteiger partial charge is 0.298 e. The third-order valence-corrected chi connectivity index (χ3v) is 3.70. The Morgan fingerprint density at radius 2 is 1.77 bits per heavy atom. The van der Waals surface area contributed by atoms with Gasteiger partial charge in [0.2, 0.25) is 0 Å². The molecule has 13 heavy (non-hydrogen) atoms. The Hall–Kier alpha value is -1.11. The van der Waals surface area contributed by atoms with E-state index in [1.165, 1.54) is 24.8 Å². The van der Waals surface area contributed by atoms with Gasteiger partial charge in [-0.25, -0.2) is 0 Å². The summed E-state index contributed by atoms with van der Waals surface area (Å²) >= 11 is 0. The first-order valence-corrected chi connectivity index (χ1v) is 4.88. The minimum Gasteiger partial charge on any atom is -0.298 e. The molecule has 3 aliphatic rings. The summed E-state index contributed by atoms with van der Waals surface area (Å²) in [6.07, 6.45) is 5.06. The molecule has 2 bridgehead atoms. The van der Waals surface area contributed by atoms with Crippen molar-refractivity contribution in [2.75, 3.05) is 0 Å². The first-order valence-electron chi connectivity index (χ1n) is 4.88. The van der Waals surface area contributed by atoms with Crippen LogP contribution in [0.3, 0.4) is 0 Å². The topological polar surface area (TPSA) is 17.1 Å². The molecule has 0 N–H and O–H groups in total. The number of benzene rings is 1. The number of aldehydes is 1. The van der Waals surface area contributed by atoms with Gasteiger partial charge in [-0.1, -0.05) is 24.3 Å². The van der Waals surface area contributed by atoms with Crippen molar-refractivity contribution >= 4 is 6.29 Å². The van der Waals surface area contributed by atoms with E-state index < -0.39 is 0 Å². The van der Waals surface area contributed by atoms with Crippen LogP contribution in [0, 0.1) is 5.92 Å². The minimum absolute atomic E-state index is 0.534. The zero-order valence-electron chi connectivity index (χ0n) is 7.49. The molecule has 0 aromatic heterocycles. The normalized spacial score (nSPS) is 34.6. The van der Waals surface area contributed by atoms with Gasteiger partial charge in [-0.3, -0.25) is 4.79 Å². The van der Waals surface area contributed by atoms with E-state index in [4.69, 9.17) is 0 Å². The Morgan fingerprint density at radius 3 is 2.15 bits per heavy atom. The van der Waals surface area contributed by atoms with Gasteiger partial charge in [0.05, 0.1) is 0 Å². The predicted octanol–water partition coefficient (Wildman–Crippen LogP) is 2.55. The van der Waals surface area contributed by atoms with Gasteiger partial charge >= 0.3 is 0 Å². The number of carbonyl (C=O) groups is 1. The molecule has 0 spiro atoms. The lowest BCUT2D eigenvalue weighted by molar-refractivity contribution is -0.0274. The van der Waals surface area contributed by atoms with Gasteiger partial charge in [-0.05, 0) is 36.2 Å². The lowest BCUT2D eigenvalue weighted by Crippen LogP contribution is -2.55. The fourth-order valence-electron chi connectivity index (χ4n) is 2.75. The average Bonchev–Trinajstić information content (AvgIpc) is 2.00. The molecule has 1 aromatic carbocycles. The van der Waals surface area contributed by atoms with Crippen molar-refractivity contribution in [3.63, 3.8) is 0 Å². The Labute approximate surface area is 77.8 Å². The molecule has 0 radical (unpaired) electrons. The Bertz CT molecular complexity index is 333. The van der Waals surface area contributed by atoms with Crippen molar-refractivity contribution in [1.29, 1.82) is 0 Å². The molecule has 0 heterocycles.